The van der Waals surface area contributed by atoms with Crippen LogP contribution in [0.2, 0.25) is 0 Å². The zero-order valence-corrected chi connectivity index (χ0v) is 37.0. The maximum Gasteiger partial charge on any atom is 0.0468 e. The third-order valence-electron chi connectivity index (χ3n) is 12.6. The van der Waals surface area contributed by atoms with Crippen LogP contribution in [0.4, 0.5) is 11.4 Å². The van der Waals surface area contributed by atoms with Crippen molar-refractivity contribution in [3.63, 3.8) is 0 Å². The molecule has 0 saturated heterocycles. The molecule has 0 atom stereocenters. The molecule has 2 heteroatoms. The van der Waals surface area contributed by atoms with Crippen molar-refractivity contribution >= 4 is 75.6 Å². The lowest BCUT2D eigenvalue weighted by Gasteiger charge is -2.29. The van der Waals surface area contributed by atoms with Crippen LogP contribution < -0.4 is 4.90 Å². The number of hydrogen-bond acceptors (Lipinski definition) is 2. The molecule has 0 unspecified atom stereocenters. The summed E-state index contributed by atoms with van der Waals surface area (Å²) in [6.07, 6.45) is 4.47. The van der Waals surface area contributed by atoms with Crippen LogP contribution in [-0.4, -0.2) is 0 Å². The van der Waals surface area contributed by atoms with E-state index in [0.717, 1.165) is 39.3 Å². The molecule has 0 N–H and O–H groups in total. The van der Waals surface area contributed by atoms with Crippen LogP contribution in [0.3, 0.4) is 0 Å². The van der Waals surface area contributed by atoms with Gasteiger partial charge in [0.2, 0.25) is 0 Å². The van der Waals surface area contributed by atoms with Crippen molar-refractivity contribution in [2.75, 3.05) is 4.90 Å². The van der Waals surface area contributed by atoms with E-state index in [4.69, 9.17) is 6.58 Å². The monoisotopic (exact) mass is 847 g/mol. The Morgan fingerprint density at radius 1 is 0.400 bits per heavy atom. The van der Waals surface area contributed by atoms with E-state index in [1.54, 1.807) is 0 Å². The van der Waals surface area contributed by atoms with Crippen molar-refractivity contribution in [3.05, 3.63) is 266 Å². The third kappa shape index (κ3) is 7.86. The molecule has 1 nitrogen and oxygen atoms in total. The molecule has 0 fully saturated rings. The Morgan fingerprint density at radius 3 is 1.83 bits per heavy atom. The Balaban J connectivity index is 0.997. The van der Waals surface area contributed by atoms with Crippen molar-refractivity contribution in [2.45, 2.75) is 6.92 Å². The van der Waals surface area contributed by atoms with E-state index in [1.165, 1.54) is 75.1 Å². The number of hydrogen-bond donors (Lipinski definition) is 0. The Bertz CT molecular complexity index is 3600. The van der Waals surface area contributed by atoms with Gasteiger partial charge in [0.15, 0.2) is 0 Å². The van der Waals surface area contributed by atoms with E-state index in [-0.39, 0.29) is 0 Å². The first-order chi connectivity index (χ1) is 32.0. The second-order valence-corrected chi connectivity index (χ2v) is 17.7. The summed E-state index contributed by atoms with van der Waals surface area (Å²) in [6, 6.07) is 83.4. The summed E-state index contributed by atoms with van der Waals surface area (Å²) in [4.78, 5) is 2.31. The number of benzene rings is 10. The van der Waals surface area contributed by atoms with Gasteiger partial charge in [-0.25, -0.2) is 0 Å². The zero-order valence-electron chi connectivity index (χ0n) is 36.2. The van der Waals surface area contributed by atoms with Crippen LogP contribution in [0.1, 0.15) is 18.1 Å². The van der Waals surface area contributed by atoms with Gasteiger partial charge in [-0.1, -0.05) is 201 Å². The van der Waals surface area contributed by atoms with Gasteiger partial charge in [0.25, 0.3) is 0 Å². The van der Waals surface area contributed by atoms with E-state index >= 15 is 0 Å². The first-order valence-corrected chi connectivity index (χ1v) is 23.0. The number of anilines is 2. The van der Waals surface area contributed by atoms with Gasteiger partial charge in [-0.2, -0.15) is 0 Å². The number of allylic oxidation sites excluding steroid dienone is 4. The summed E-state index contributed by atoms with van der Waals surface area (Å²) >= 11 is 1.85. The van der Waals surface area contributed by atoms with Crippen LogP contribution in [0.25, 0.3) is 86.2 Å². The first-order valence-electron chi connectivity index (χ1n) is 22.2. The van der Waals surface area contributed by atoms with Gasteiger partial charge in [-0.3, -0.25) is 0 Å². The van der Waals surface area contributed by atoms with Crippen LogP contribution in [0.15, 0.2) is 255 Å². The molecule has 10 aromatic carbocycles. The first kappa shape index (κ1) is 39.8. The summed E-state index contributed by atoms with van der Waals surface area (Å²) in [5.74, 6) is 0. The Hall–Kier alpha value is -8.04. The van der Waals surface area contributed by atoms with E-state index in [0.29, 0.717) is 0 Å². The molecule has 0 amide bonds. The summed E-state index contributed by atoms with van der Waals surface area (Å²) in [5.41, 5.74) is 14.6. The van der Waals surface area contributed by atoms with Crippen molar-refractivity contribution in [1.29, 1.82) is 0 Å². The summed E-state index contributed by atoms with van der Waals surface area (Å²) in [6.45, 7) is 7.11. The summed E-state index contributed by atoms with van der Waals surface area (Å²) in [7, 11) is 0. The highest BCUT2D eigenvalue weighted by Crippen LogP contribution is 2.41. The average molecular weight is 848 g/mol. The van der Waals surface area contributed by atoms with E-state index in [1.807, 2.05) is 11.3 Å². The molecule has 308 valence electrons. The van der Waals surface area contributed by atoms with Crippen molar-refractivity contribution < 1.29 is 0 Å². The minimum Gasteiger partial charge on any atom is -0.310 e. The average Bonchev–Trinajstić information content (AvgIpc) is 3.75. The molecule has 0 radical (unpaired) electrons. The molecule has 1 aromatic heterocycles. The van der Waals surface area contributed by atoms with Gasteiger partial charge in [0, 0.05) is 42.8 Å². The predicted octanol–water partition coefficient (Wildman–Crippen LogP) is 18.2. The SMILES string of the molecule is C=C(/C(=C\C=C(/C)c1ccc2ccccc2c1)c1ccccc1)N(c1ccc(-c2ccc(-c3cccc4ccccc34)cc2)cc1)c1cccc(-c2ccc3sc4ccccc4c3c2)c1. The van der Waals surface area contributed by atoms with Gasteiger partial charge in [0.05, 0.1) is 0 Å². The van der Waals surface area contributed by atoms with Crippen molar-refractivity contribution in [1.82, 2.24) is 0 Å². The molecule has 0 aliphatic rings. The van der Waals surface area contributed by atoms with Gasteiger partial charge >= 0.3 is 0 Å². The molecular weight excluding hydrogens is 803 g/mol. The highest BCUT2D eigenvalue weighted by atomic mass is 32.1. The van der Waals surface area contributed by atoms with E-state index < -0.39 is 0 Å². The normalized spacial score (nSPS) is 12.0. The topological polar surface area (TPSA) is 3.24 Å². The lowest BCUT2D eigenvalue weighted by Crippen LogP contribution is -2.17. The fourth-order valence-electron chi connectivity index (χ4n) is 9.15. The molecule has 11 aromatic rings. The molecule has 1 heterocycles. The lowest BCUT2D eigenvalue weighted by molar-refractivity contribution is 1.22. The second-order valence-electron chi connectivity index (χ2n) is 16.7. The molecule has 0 spiro atoms. The largest absolute Gasteiger partial charge is 0.310 e. The zero-order chi connectivity index (χ0) is 43.7. The van der Waals surface area contributed by atoms with E-state index in [9.17, 15) is 0 Å². The molecule has 0 aliphatic carbocycles. The Kier molecular flexibility index (Phi) is 10.6. The Labute approximate surface area is 384 Å². The summed E-state index contributed by atoms with van der Waals surface area (Å²) in [5, 5.41) is 7.58. The van der Waals surface area contributed by atoms with Gasteiger partial charge in [-0.05, 0) is 127 Å². The van der Waals surface area contributed by atoms with Gasteiger partial charge in [0.1, 0.15) is 0 Å². The quantitative estimate of drug-likeness (QED) is 0.124. The highest BCUT2D eigenvalue weighted by Gasteiger charge is 2.19. The van der Waals surface area contributed by atoms with E-state index in [2.05, 4.69) is 254 Å². The molecule has 0 bridgehead atoms. The van der Waals surface area contributed by atoms with Crippen LogP contribution >= 0.6 is 11.3 Å². The van der Waals surface area contributed by atoms with Crippen LogP contribution in [-0.2, 0) is 0 Å². The maximum atomic E-state index is 4.92. The number of fused-ring (bicyclic) bond motifs is 5. The summed E-state index contributed by atoms with van der Waals surface area (Å²) < 4.78 is 2.61. The fraction of sp³-hybridized carbons (Fsp3) is 0.0159. The highest BCUT2D eigenvalue weighted by molar-refractivity contribution is 7.25. The standard InChI is InChI=1S/C63H45NS/c1-43(51-32-29-45-14-6-7-18-52(45)40-51)26-38-57(48-15-4-3-5-16-48)44(2)64(56-21-12-20-53(41-56)54-35-39-63-61(42-54)60-23-10-11-25-62(60)65-63)55-36-33-47(34-37-55)46-27-30-50(31-28-46)59-24-13-19-49-17-8-9-22-58(49)59/h3-42H,2H2,1H3/b43-26+,57-38+. The fourth-order valence-corrected chi connectivity index (χ4v) is 10.2. The van der Waals surface area contributed by atoms with Crippen molar-refractivity contribution in [3.8, 4) is 33.4 Å². The molecule has 0 aliphatic heterocycles. The van der Waals surface area contributed by atoms with Crippen LogP contribution in [0, 0.1) is 0 Å². The lowest BCUT2D eigenvalue weighted by atomic mass is 9.96. The number of thiophene rings is 1. The molecular formula is C63H45NS. The van der Waals surface area contributed by atoms with Gasteiger partial charge in [-0.15, -0.1) is 11.3 Å². The second kappa shape index (κ2) is 17.3. The number of rotatable bonds is 10. The van der Waals surface area contributed by atoms with Gasteiger partial charge < -0.3 is 4.90 Å². The smallest absolute Gasteiger partial charge is 0.0468 e. The molecule has 0 saturated carbocycles. The molecule has 11 rings (SSSR count). The maximum absolute atomic E-state index is 4.92. The van der Waals surface area contributed by atoms with Crippen molar-refractivity contribution in [2.24, 2.45) is 0 Å². The minimum absolute atomic E-state index is 0.877. The third-order valence-corrected chi connectivity index (χ3v) is 13.8. The molecule has 65 heavy (non-hydrogen) atoms. The Morgan fingerprint density at radius 2 is 1.02 bits per heavy atom. The minimum atomic E-state index is 0.877. The predicted molar refractivity (Wildman–Crippen MR) is 283 cm³/mol. The number of nitrogens with zero attached hydrogens (tertiary/aromatic N) is 1. The van der Waals surface area contributed by atoms with Crippen LogP contribution in [0.5, 0.6) is 0 Å².